The summed E-state index contributed by atoms with van der Waals surface area (Å²) in [5.74, 6) is -0.204. The normalized spacial score (nSPS) is 21.6. The monoisotopic (exact) mass is 238 g/mol. The fourth-order valence-corrected chi connectivity index (χ4v) is 2.41. The van der Waals surface area contributed by atoms with Crippen LogP contribution in [0.2, 0.25) is 0 Å². The minimum Gasteiger partial charge on any atom is -0.302 e. The second kappa shape index (κ2) is 4.76. The molecule has 2 rings (SSSR count). The van der Waals surface area contributed by atoms with Crippen LogP contribution in [-0.2, 0) is 16.1 Å². The number of hydrogen-bond acceptors (Lipinski definition) is 4. The molecule has 0 radical (unpaired) electrons. The first-order valence-electron chi connectivity index (χ1n) is 5.23. The van der Waals surface area contributed by atoms with E-state index in [-0.39, 0.29) is 17.9 Å². The van der Waals surface area contributed by atoms with Gasteiger partial charge in [0.1, 0.15) is 0 Å². The highest BCUT2D eigenvalue weighted by Crippen LogP contribution is 2.13. The molecule has 86 valence electrons. The topological polar surface area (TPSA) is 49.4 Å². The molecular weight excluding hydrogens is 224 g/mol. The lowest BCUT2D eigenvalue weighted by Crippen LogP contribution is -2.51. The van der Waals surface area contributed by atoms with Gasteiger partial charge < -0.3 is 5.32 Å². The van der Waals surface area contributed by atoms with Crippen LogP contribution < -0.4 is 5.32 Å². The van der Waals surface area contributed by atoms with Crippen LogP contribution in [0, 0.1) is 0 Å². The molecule has 1 fully saturated rings. The molecule has 1 unspecified atom stereocenters. The Balaban J connectivity index is 1.91. The summed E-state index contributed by atoms with van der Waals surface area (Å²) >= 11 is 1.64. The van der Waals surface area contributed by atoms with Gasteiger partial charge in [-0.3, -0.25) is 14.5 Å². The zero-order valence-corrected chi connectivity index (χ0v) is 9.92. The molecule has 1 N–H and O–H groups in total. The Morgan fingerprint density at radius 1 is 1.56 bits per heavy atom. The number of nitrogens with zero attached hydrogens (tertiary/aromatic N) is 1. The molecule has 1 aliphatic rings. The maximum absolute atomic E-state index is 11.7. The number of amides is 2. The summed E-state index contributed by atoms with van der Waals surface area (Å²) in [7, 11) is 1.54. The number of thiophene rings is 1. The summed E-state index contributed by atoms with van der Waals surface area (Å²) in [5.41, 5.74) is 1.18. The number of likely N-dealkylation sites (N-methyl/N-ethyl adjacent to an activating group) is 1. The predicted octanol–water partition coefficient (Wildman–Crippen LogP) is 0.985. The number of piperidine rings is 1. The van der Waals surface area contributed by atoms with E-state index in [4.69, 9.17) is 0 Å². The summed E-state index contributed by atoms with van der Waals surface area (Å²) in [6, 6.07) is 1.81. The number of likely N-dealkylation sites (tertiary alicyclic amines) is 1. The lowest BCUT2D eigenvalue weighted by atomic mass is 10.0. The van der Waals surface area contributed by atoms with Gasteiger partial charge in [0.05, 0.1) is 6.04 Å². The molecule has 1 aromatic heterocycles. The third-order valence-corrected chi connectivity index (χ3v) is 3.51. The molecule has 2 amide bonds. The molecule has 0 aliphatic carbocycles. The predicted molar refractivity (Wildman–Crippen MR) is 62.0 cm³/mol. The van der Waals surface area contributed by atoms with Crippen LogP contribution in [0.5, 0.6) is 0 Å². The zero-order chi connectivity index (χ0) is 11.5. The molecule has 4 nitrogen and oxygen atoms in total. The Bertz CT molecular complexity index is 389. The minimum absolute atomic E-state index is 0.0846. The van der Waals surface area contributed by atoms with E-state index in [0.717, 1.165) is 0 Å². The molecule has 0 spiro atoms. The molecule has 1 saturated heterocycles. The van der Waals surface area contributed by atoms with E-state index in [1.54, 1.807) is 18.4 Å². The first kappa shape index (κ1) is 11.3. The van der Waals surface area contributed by atoms with Crippen molar-refractivity contribution in [1.29, 1.82) is 0 Å². The van der Waals surface area contributed by atoms with Crippen molar-refractivity contribution in [1.82, 2.24) is 10.2 Å². The number of carbonyl (C=O) groups excluding carboxylic acids is 2. The first-order valence-corrected chi connectivity index (χ1v) is 6.17. The van der Waals surface area contributed by atoms with Crippen molar-refractivity contribution in [2.24, 2.45) is 0 Å². The Hall–Kier alpha value is -1.20. The molecule has 1 aliphatic heterocycles. The van der Waals surface area contributed by atoms with Crippen LogP contribution in [0.15, 0.2) is 16.8 Å². The quantitative estimate of drug-likeness (QED) is 0.799. The van der Waals surface area contributed by atoms with Gasteiger partial charge >= 0.3 is 0 Å². The van der Waals surface area contributed by atoms with Gasteiger partial charge in [0.2, 0.25) is 11.8 Å². The molecule has 2 heterocycles. The highest BCUT2D eigenvalue weighted by molar-refractivity contribution is 7.07. The Labute approximate surface area is 98.3 Å². The number of imide groups is 1. The smallest absolute Gasteiger partial charge is 0.246 e. The van der Waals surface area contributed by atoms with Gasteiger partial charge in [-0.1, -0.05) is 0 Å². The van der Waals surface area contributed by atoms with Crippen molar-refractivity contribution in [3.05, 3.63) is 22.4 Å². The standard InChI is InChI=1S/C11H14N2O2S/c1-13-10(14)3-2-9(11(13)15)12-6-8-4-5-16-7-8/h4-5,7,9,12H,2-3,6H2,1H3. The number of hydrogen-bond donors (Lipinski definition) is 1. The van der Waals surface area contributed by atoms with E-state index in [1.807, 2.05) is 11.4 Å². The molecule has 16 heavy (non-hydrogen) atoms. The third-order valence-electron chi connectivity index (χ3n) is 2.78. The molecule has 0 aromatic carbocycles. The van der Waals surface area contributed by atoms with E-state index in [1.165, 1.54) is 10.5 Å². The largest absolute Gasteiger partial charge is 0.302 e. The van der Waals surface area contributed by atoms with Gasteiger partial charge in [-0.25, -0.2) is 0 Å². The van der Waals surface area contributed by atoms with Crippen molar-refractivity contribution < 1.29 is 9.59 Å². The maximum atomic E-state index is 11.7. The van der Waals surface area contributed by atoms with Gasteiger partial charge in [0.25, 0.3) is 0 Å². The van der Waals surface area contributed by atoms with Gasteiger partial charge in [0, 0.05) is 20.0 Å². The maximum Gasteiger partial charge on any atom is 0.246 e. The van der Waals surface area contributed by atoms with Gasteiger partial charge in [-0.05, 0) is 28.8 Å². The van der Waals surface area contributed by atoms with Crippen LogP contribution >= 0.6 is 11.3 Å². The van der Waals surface area contributed by atoms with E-state index < -0.39 is 0 Å². The van der Waals surface area contributed by atoms with Crippen LogP contribution in [0.1, 0.15) is 18.4 Å². The fourth-order valence-electron chi connectivity index (χ4n) is 1.74. The molecule has 1 atom stereocenters. The van der Waals surface area contributed by atoms with Gasteiger partial charge in [-0.2, -0.15) is 11.3 Å². The average molecular weight is 238 g/mol. The Morgan fingerprint density at radius 3 is 3.06 bits per heavy atom. The SMILES string of the molecule is CN1C(=O)CCC(NCc2ccsc2)C1=O. The van der Waals surface area contributed by atoms with E-state index in [0.29, 0.717) is 19.4 Å². The fraction of sp³-hybridized carbons (Fsp3) is 0.455. The lowest BCUT2D eigenvalue weighted by molar-refractivity contribution is -0.148. The molecule has 5 heteroatoms. The van der Waals surface area contributed by atoms with Crippen molar-refractivity contribution in [2.75, 3.05) is 7.05 Å². The second-order valence-corrected chi connectivity index (χ2v) is 4.67. The Morgan fingerprint density at radius 2 is 2.38 bits per heavy atom. The summed E-state index contributed by atoms with van der Waals surface area (Å²) in [4.78, 5) is 24.2. The second-order valence-electron chi connectivity index (χ2n) is 3.89. The third kappa shape index (κ3) is 2.31. The van der Waals surface area contributed by atoms with E-state index >= 15 is 0 Å². The molecule has 0 bridgehead atoms. The number of carbonyl (C=O) groups is 2. The van der Waals surface area contributed by atoms with Gasteiger partial charge in [0.15, 0.2) is 0 Å². The van der Waals surface area contributed by atoms with Crippen molar-refractivity contribution in [3.8, 4) is 0 Å². The Kier molecular flexibility index (Phi) is 3.36. The first-order chi connectivity index (χ1) is 7.68. The minimum atomic E-state index is -0.220. The number of nitrogens with one attached hydrogen (secondary N) is 1. The van der Waals surface area contributed by atoms with Crippen molar-refractivity contribution >= 4 is 23.2 Å². The molecule has 1 aromatic rings. The van der Waals surface area contributed by atoms with E-state index in [9.17, 15) is 9.59 Å². The lowest BCUT2D eigenvalue weighted by Gasteiger charge is -2.28. The van der Waals surface area contributed by atoms with Crippen LogP contribution in [0.3, 0.4) is 0 Å². The summed E-state index contributed by atoms with van der Waals surface area (Å²) in [6.45, 7) is 0.682. The van der Waals surface area contributed by atoms with Crippen LogP contribution in [-0.4, -0.2) is 29.8 Å². The summed E-state index contributed by atoms with van der Waals surface area (Å²) < 4.78 is 0. The highest BCUT2D eigenvalue weighted by Gasteiger charge is 2.31. The van der Waals surface area contributed by atoms with Crippen molar-refractivity contribution in [3.63, 3.8) is 0 Å². The van der Waals surface area contributed by atoms with Crippen molar-refractivity contribution in [2.45, 2.75) is 25.4 Å². The summed E-state index contributed by atoms with van der Waals surface area (Å²) in [6.07, 6.45) is 1.05. The van der Waals surface area contributed by atoms with Gasteiger partial charge in [-0.15, -0.1) is 0 Å². The van der Waals surface area contributed by atoms with Crippen LogP contribution in [0.25, 0.3) is 0 Å². The van der Waals surface area contributed by atoms with Crippen LogP contribution in [0.4, 0.5) is 0 Å². The van der Waals surface area contributed by atoms with E-state index in [2.05, 4.69) is 10.7 Å². The number of rotatable bonds is 3. The average Bonchev–Trinajstić information content (AvgIpc) is 2.78. The highest BCUT2D eigenvalue weighted by atomic mass is 32.1. The zero-order valence-electron chi connectivity index (χ0n) is 9.10. The summed E-state index contributed by atoms with van der Waals surface area (Å²) in [5, 5.41) is 7.25. The molecule has 0 saturated carbocycles. The molecular formula is C11H14N2O2S.